The molecular weight excluding hydrogens is 376 g/mol. The summed E-state index contributed by atoms with van der Waals surface area (Å²) in [5.41, 5.74) is 1.88. The number of ether oxygens (including phenoxy) is 1. The molecule has 2 amide bonds. The summed E-state index contributed by atoms with van der Waals surface area (Å²) in [6.07, 6.45) is 7.09. The van der Waals surface area contributed by atoms with Crippen molar-refractivity contribution in [2.75, 3.05) is 0 Å². The molecule has 2 aromatic carbocycles. The summed E-state index contributed by atoms with van der Waals surface area (Å²) in [6.45, 7) is 0.478. The van der Waals surface area contributed by atoms with E-state index >= 15 is 0 Å². The lowest BCUT2D eigenvalue weighted by atomic mass is 9.63. The second-order valence-electron chi connectivity index (χ2n) is 8.73. The lowest BCUT2D eigenvalue weighted by Gasteiger charge is -2.37. The SMILES string of the molecule is O=C1[C@@H]2[C@H]3C=C[C@@H]([C@@H]4C[C@H]34)[C@@H]2C(=O)N1/N=C\c1cccc(OCc2ccccc2)c1. The number of rotatable bonds is 5. The lowest BCUT2D eigenvalue weighted by molar-refractivity contribution is -0.140. The molecule has 0 N–H and O–H groups in total. The van der Waals surface area contributed by atoms with Crippen LogP contribution in [-0.4, -0.2) is 23.0 Å². The van der Waals surface area contributed by atoms with Gasteiger partial charge in [0.05, 0.1) is 18.1 Å². The normalized spacial score (nSPS) is 33.1. The Balaban J connectivity index is 1.17. The molecule has 1 heterocycles. The third kappa shape index (κ3) is 2.72. The van der Waals surface area contributed by atoms with E-state index < -0.39 is 0 Å². The summed E-state index contributed by atoms with van der Waals surface area (Å²) < 4.78 is 5.86. The number of allylic oxidation sites excluding steroid dienone is 2. The van der Waals surface area contributed by atoms with Crippen LogP contribution in [0.5, 0.6) is 5.75 Å². The third-order valence-corrected chi connectivity index (χ3v) is 7.07. The molecule has 0 unspecified atom stereocenters. The van der Waals surface area contributed by atoms with Gasteiger partial charge in [0.2, 0.25) is 0 Å². The van der Waals surface area contributed by atoms with Crippen LogP contribution in [0.3, 0.4) is 0 Å². The van der Waals surface area contributed by atoms with Crippen LogP contribution in [0.25, 0.3) is 0 Å². The number of hydrogen-bond acceptors (Lipinski definition) is 4. The quantitative estimate of drug-likeness (QED) is 0.439. The van der Waals surface area contributed by atoms with Crippen molar-refractivity contribution >= 4 is 18.0 Å². The van der Waals surface area contributed by atoms with Crippen molar-refractivity contribution < 1.29 is 14.3 Å². The second kappa shape index (κ2) is 6.66. The van der Waals surface area contributed by atoms with E-state index in [1.54, 1.807) is 6.21 Å². The van der Waals surface area contributed by atoms with E-state index in [0.29, 0.717) is 18.4 Å². The highest BCUT2D eigenvalue weighted by Gasteiger charge is 2.67. The molecule has 0 spiro atoms. The maximum Gasteiger partial charge on any atom is 0.254 e. The molecule has 7 rings (SSSR count). The van der Waals surface area contributed by atoms with Crippen LogP contribution in [0.2, 0.25) is 0 Å². The average molecular weight is 398 g/mol. The highest BCUT2D eigenvalue weighted by molar-refractivity contribution is 6.06. The fourth-order valence-corrected chi connectivity index (χ4v) is 5.60. The van der Waals surface area contributed by atoms with Gasteiger partial charge in [0.15, 0.2) is 0 Å². The Kier molecular flexibility index (Phi) is 3.91. The largest absolute Gasteiger partial charge is 0.489 e. The molecule has 1 saturated heterocycles. The van der Waals surface area contributed by atoms with Crippen LogP contribution < -0.4 is 4.74 Å². The fraction of sp³-hybridized carbons (Fsp3) is 0.320. The van der Waals surface area contributed by atoms with Crippen molar-refractivity contribution in [1.29, 1.82) is 0 Å². The molecule has 2 saturated carbocycles. The first kappa shape index (κ1) is 17.6. The van der Waals surface area contributed by atoms with Crippen molar-refractivity contribution in [2.45, 2.75) is 13.0 Å². The van der Waals surface area contributed by atoms with Crippen LogP contribution >= 0.6 is 0 Å². The van der Waals surface area contributed by atoms with Gasteiger partial charge >= 0.3 is 0 Å². The van der Waals surface area contributed by atoms with E-state index in [0.717, 1.165) is 28.3 Å². The molecule has 2 bridgehead atoms. The Bertz CT molecular complexity index is 1040. The summed E-state index contributed by atoms with van der Waals surface area (Å²) >= 11 is 0. The first-order chi connectivity index (χ1) is 14.7. The molecule has 5 nitrogen and oxygen atoms in total. The molecule has 0 aromatic heterocycles. The smallest absolute Gasteiger partial charge is 0.254 e. The molecule has 4 aliphatic carbocycles. The Morgan fingerprint density at radius 1 is 0.933 bits per heavy atom. The maximum atomic E-state index is 13.0. The van der Waals surface area contributed by atoms with Crippen LogP contribution in [0.4, 0.5) is 0 Å². The average Bonchev–Trinajstić information content (AvgIpc) is 3.57. The number of imide groups is 1. The van der Waals surface area contributed by atoms with E-state index in [2.05, 4.69) is 17.3 Å². The number of carbonyl (C=O) groups excluding carboxylic acids is 2. The minimum absolute atomic E-state index is 0.137. The zero-order valence-electron chi connectivity index (χ0n) is 16.4. The Labute approximate surface area is 175 Å². The number of nitrogens with zero attached hydrogens (tertiary/aromatic N) is 2. The van der Waals surface area contributed by atoms with E-state index in [9.17, 15) is 9.59 Å². The minimum Gasteiger partial charge on any atom is -0.489 e. The molecule has 1 aliphatic heterocycles. The van der Waals surface area contributed by atoms with Gasteiger partial charge in [-0.15, -0.1) is 0 Å². The van der Waals surface area contributed by atoms with Gasteiger partial charge in [-0.05, 0) is 53.4 Å². The first-order valence-electron chi connectivity index (χ1n) is 10.6. The van der Waals surface area contributed by atoms with Crippen molar-refractivity contribution in [3.8, 4) is 5.75 Å². The fourth-order valence-electron chi connectivity index (χ4n) is 5.60. The summed E-state index contributed by atoms with van der Waals surface area (Å²) in [7, 11) is 0. The van der Waals surface area contributed by atoms with Crippen molar-refractivity contribution in [3.63, 3.8) is 0 Å². The van der Waals surface area contributed by atoms with Gasteiger partial charge < -0.3 is 4.74 Å². The van der Waals surface area contributed by atoms with Gasteiger partial charge in [-0.2, -0.15) is 10.1 Å². The van der Waals surface area contributed by atoms with Gasteiger partial charge in [0, 0.05) is 0 Å². The summed E-state index contributed by atoms with van der Waals surface area (Å²) in [6, 6.07) is 17.5. The molecule has 0 radical (unpaired) electrons. The number of hydrogen-bond donors (Lipinski definition) is 0. The number of hydrazone groups is 1. The summed E-state index contributed by atoms with van der Waals surface area (Å²) in [5.74, 6) is 1.65. The molecule has 5 heteroatoms. The summed E-state index contributed by atoms with van der Waals surface area (Å²) in [4.78, 5) is 26.0. The standard InChI is InChI=1S/C25H22N2O3/c28-24-22-18-9-10-19(21-12-20(18)21)23(22)25(29)27(24)26-13-16-7-4-8-17(11-16)30-14-15-5-2-1-3-6-15/h1-11,13,18-23H,12,14H2/b26-13-/t18-,19-,20-,21+,22-,23+/m0/s1. The van der Waals surface area contributed by atoms with E-state index in [1.165, 1.54) is 0 Å². The lowest BCUT2D eigenvalue weighted by Crippen LogP contribution is -2.40. The van der Waals surface area contributed by atoms with Gasteiger partial charge in [0.25, 0.3) is 11.8 Å². The molecule has 150 valence electrons. The predicted octanol–water partition coefficient (Wildman–Crippen LogP) is 3.65. The molecular formula is C25H22N2O3. The molecule has 5 aliphatic rings. The van der Waals surface area contributed by atoms with Crippen LogP contribution in [-0.2, 0) is 16.2 Å². The van der Waals surface area contributed by atoms with Crippen molar-refractivity contribution in [3.05, 3.63) is 77.9 Å². The van der Waals surface area contributed by atoms with E-state index in [-0.39, 0.29) is 35.5 Å². The Morgan fingerprint density at radius 2 is 1.63 bits per heavy atom. The van der Waals surface area contributed by atoms with Gasteiger partial charge in [-0.1, -0.05) is 54.6 Å². The van der Waals surface area contributed by atoms with Gasteiger partial charge in [0.1, 0.15) is 12.4 Å². The van der Waals surface area contributed by atoms with Crippen molar-refractivity contribution in [2.24, 2.45) is 40.6 Å². The third-order valence-electron chi connectivity index (χ3n) is 7.07. The van der Waals surface area contributed by atoms with Gasteiger partial charge in [-0.3, -0.25) is 9.59 Å². The van der Waals surface area contributed by atoms with Crippen LogP contribution in [0, 0.1) is 35.5 Å². The highest BCUT2D eigenvalue weighted by Crippen LogP contribution is 2.65. The van der Waals surface area contributed by atoms with E-state index in [4.69, 9.17) is 4.74 Å². The van der Waals surface area contributed by atoms with Crippen molar-refractivity contribution in [1.82, 2.24) is 5.01 Å². The van der Waals surface area contributed by atoms with Crippen LogP contribution in [0.1, 0.15) is 17.5 Å². The molecule has 30 heavy (non-hydrogen) atoms. The molecule has 6 atom stereocenters. The zero-order chi connectivity index (χ0) is 20.2. The predicted molar refractivity (Wildman–Crippen MR) is 111 cm³/mol. The van der Waals surface area contributed by atoms with E-state index in [1.807, 2.05) is 54.6 Å². The Hall–Kier alpha value is -3.21. The maximum absolute atomic E-state index is 13.0. The monoisotopic (exact) mass is 398 g/mol. The summed E-state index contributed by atoms with van der Waals surface area (Å²) in [5, 5.41) is 5.42. The highest BCUT2D eigenvalue weighted by atomic mass is 16.5. The number of amides is 2. The molecule has 3 fully saturated rings. The Morgan fingerprint density at radius 3 is 2.33 bits per heavy atom. The zero-order valence-corrected chi connectivity index (χ0v) is 16.4. The minimum atomic E-state index is -0.214. The molecule has 2 aromatic rings. The number of benzene rings is 2. The second-order valence-corrected chi connectivity index (χ2v) is 8.73. The number of carbonyl (C=O) groups is 2. The first-order valence-corrected chi connectivity index (χ1v) is 10.6. The van der Waals surface area contributed by atoms with Crippen LogP contribution in [0.15, 0.2) is 71.9 Å². The van der Waals surface area contributed by atoms with Gasteiger partial charge in [-0.25, -0.2) is 0 Å². The topological polar surface area (TPSA) is 59.0 Å².